The van der Waals surface area contributed by atoms with Crippen molar-refractivity contribution in [3.8, 4) is 0 Å². The monoisotopic (exact) mass is 485 g/mol. The second-order valence-corrected chi connectivity index (χ2v) is 9.46. The van der Waals surface area contributed by atoms with Crippen molar-refractivity contribution in [2.45, 2.75) is 24.9 Å². The van der Waals surface area contributed by atoms with Crippen molar-refractivity contribution in [1.29, 1.82) is 0 Å². The number of thioether (sulfide) groups is 1. The minimum absolute atomic E-state index is 0.213. The van der Waals surface area contributed by atoms with Gasteiger partial charge in [0.05, 0.1) is 27.2 Å². The first-order chi connectivity index (χ1) is 15.5. The number of fused-ring (bicyclic) bond motifs is 2. The van der Waals surface area contributed by atoms with Crippen molar-refractivity contribution >= 4 is 58.2 Å². The molecule has 1 aromatic heterocycles. The first kappa shape index (κ1) is 21.5. The number of carbonyl (C=O) groups is 1. The number of likely N-dealkylation sites (N-methyl/N-ethyl adjacent to an activating group) is 1. The maximum absolute atomic E-state index is 13.1. The summed E-state index contributed by atoms with van der Waals surface area (Å²) in [5.74, 6) is 0.632. The van der Waals surface area contributed by atoms with Crippen LogP contribution in [0, 0.1) is 0 Å². The van der Waals surface area contributed by atoms with E-state index < -0.39 is 0 Å². The molecule has 164 valence electrons. The van der Waals surface area contributed by atoms with Crippen LogP contribution in [0.3, 0.4) is 0 Å². The summed E-state index contributed by atoms with van der Waals surface area (Å²) >= 11 is 14.1. The number of hydrogen-bond donors (Lipinski definition) is 1. The molecule has 1 N–H and O–H groups in total. The lowest BCUT2D eigenvalue weighted by Gasteiger charge is -2.29. The van der Waals surface area contributed by atoms with Gasteiger partial charge in [0, 0.05) is 25.0 Å². The van der Waals surface area contributed by atoms with E-state index >= 15 is 0 Å². The average molecular weight is 486 g/mol. The summed E-state index contributed by atoms with van der Waals surface area (Å²) in [5, 5.41) is 4.80. The molecule has 3 heterocycles. The van der Waals surface area contributed by atoms with Crippen LogP contribution in [0.25, 0.3) is 0 Å². The Bertz CT molecular complexity index is 1180. The first-order valence-electron chi connectivity index (χ1n) is 10.4. The largest absolute Gasteiger partial charge is 0.324 e. The van der Waals surface area contributed by atoms with Crippen LogP contribution < -0.4 is 10.2 Å². The quantitative estimate of drug-likeness (QED) is 0.484. The Balaban J connectivity index is 1.36. The summed E-state index contributed by atoms with van der Waals surface area (Å²) in [5.41, 5.74) is 4.62. The molecule has 1 amide bonds. The zero-order chi connectivity index (χ0) is 22.2. The number of carbonyl (C=O) groups excluding carboxylic acids is 1. The van der Waals surface area contributed by atoms with Gasteiger partial charge in [-0.15, -0.1) is 0 Å². The fourth-order valence-electron chi connectivity index (χ4n) is 4.01. The van der Waals surface area contributed by atoms with Gasteiger partial charge in [-0.2, -0.15) is 0 Å². The molecule has 0 bridgehead atoms. The molecule has 0 radical (unpaired) electrons. The molecule has 6 nitrogen and oxygen atoms in total. The lowest BCUT2D eigenvalue weighted by atomic mass is 9.99. The summed E-state index contributed by atoms with van der Waals surface area (Å²) < 4.78 is 0. The van der Waals surface area contributed by atoms with Gasteiger partial charge in [0.15, 0.2) is 0 Å². The molecule has 0 spiro atoms. The first-order valence-corrected chi connectivity index (χ1v) is 12.1. The predicted octanol–water partition coefficient (Wildman–Crippen LogP) is 5.62. The van der Waals surface area contributed by atoms with Crippen LogP contribution >= 0.6 is 35.0 Å². The van der Waals surface area contributed by atoms with Crippen LogP contribution in [0.4, 0.5) is 17.3 Å². The molecule has 2 aliphatic rings. The highest BCUT2D eigenvalue weighted by atomic mass is 35.5. The Labute approximate surface area is 200 Å². The topological polar surface area (TPSA) is 61.4 Å². The number of hydrogen-bond acceptors (Lipinski definition) is 6. The van der Waals surface area contributed by atoms with Crippen molar-refractivity contribution < 1.29 is 4.79 Å². The smallest absolute Gasteiger partial charge is 0.263 e. The molecule has 3 aromatic rings. The standard InChI is InChI=1S/C23H21Cl2N5OS/c1-2-29-9-8-14-10-16(7-6-15(14)12-29)27-23-26-11-17-21(28-23)32-13-30(22(17)31)20-18(24)4-3-5-19(20)25/h3-7,10-11H,2,8-9,12-13H2,1H3,(H,26,27,28). The molecule has 0 aliphatic carbocycles. The van der Waals surface area contributed by atoms with Gasteiger partial charge in [0.25, 0.3) is 5.91 Å². The molecule has 0 fully saturated rings. The SMILES string of the molecule is CCN1CCc2cc(Nc3ncc4c(n3)SCN(c3c(Cl)cccc3Cl)C4=O)ccc2C1. The van der Waals surface area contributed by atoms with Gasteiger partial charge in [-0.1, -0.05) is 54.0 Å². The molecular weight excluding hydrogens is 465 g/mol. The van der Waals surface area contributed by atoms with E-state index in [9.17, 15) is 4.79 Å². The Morgan fingerprint density at radius 3 is 2.75 bits per heavy atom. The van der Waals surface area contributed by atoms with Gasteiger partial charge >= 0.3 is 0 Å². The summed E-state index contributed by atoms with van der Waals surface area (Å²) in [7, 11) is 0. The number of para-hydroxylation sites is 1. The highest BCUT2D eigenvalue weighted by molar-refractivity contribution is 7.99. The Kier molecular flexibility index (Phi) is 5.99. The number of halogens is 2. The number of rotatable bonds is 4. The van der Waals surface area contributed by atoms with Crippen molar-refractivity contribution in [3.63, 3.8) is 0 Å². The normalized spacial score (nSPS) is 16.0. The Hall–Kier alpha value is -2.32. The van der Waals surface area contributed by atoms with E-state index in [4.69, 9.17) is 23.2 Å². The minimum atomic E-state index is -0.213. The van der Waals surface area contributed by atoms with Gasteiger partial charge in [0.2, 0.25) is 5.95 Å². The van der Waals surface area contributed by atoms with Crippen molar-refractivity contribution in [2.75, 3.05) is 29.2 Å². The highest BCUT2D eigenvalue weighted by Gasteiger charge is 2.30. The van der Waals surface area contributed by atoms with E-state index in [1.807, 2.05) is 0 Å². The van der Waals surface area contributed by atoms with Gasteiger partial charge in [-0.05, 0) is 48.4 Å². The molecule has 0 atom stereocenters. The second-order valence-electron chi connectivity index (χ2n) is 7.72. The van der Waals surface area contributed by atoms with Gasteiger partial charge in [-0.25, -0.2) is 9.97 Å². The van der Waals surface area contributed by atoms with Gasteiger partial charge in [0.1, 0.15) is 5.03 Å². The molecule has 9 heteroatoms. The third-order valence-corrected chi connectivity index (χ3v) is 7.35. The summed E-state index contributed by atoms with van der Waals surface area (Å²) in [6.45, 7) is 5.33. The van der Waals surface area contributed by atoms with Gasteiger partial charge in [-0.3, -0.25) is 14.6 Å². The van der Waals surface area contributed by atoms with E-state index in [1.54, 1.807) is 29.3 Å². The van der Waals surface area contributed by atoms with E-state index in [0.717, 1.165) is 31.7 Å². The maximum Gasteiger partial charge on any atom is 0.263 e. The molecule has 0 saturated heterocycles. The molecule has 0 unspecified atom stereocenters. The fraction of sp³-hybridized carbons (Fsp3) is 0.261. The molecule has 5 rings (SSSR count). The van der Waals surface area contributed by atoms with Crippen molar-refractivity contribution in [3.05, 3.63) is 69.3 Å². The summed E-state index contributed by atoms with van der Waals surface area (Å²) in [6.07, 6.45) is 2.60. The number of anilines is 3. The highest BCUT2D eigenvalue weighted by Crippen LogP contribution is 2.39. The fourth-order valence-corrected chi connectivity index (χ4v) is 5.56. The molecule has 2 aliphatic heterocycles. The van der Waals surface area contributed by atoms with Crippen LogP contribution in [-0.4, -0.2) is 39.7 Å². The predicted molar refractivity (Wildman–Crippen MR) is 130 cm³/mol. The second kappa shape index (κ2) is 8.90. The van der Waals surface area contributed by atoms with E-state index in [0.29, 0.717) is 38.1 Å². The van der Waals surface area contributed by atoms with E-state index in [2.05, 4.69) is 45.3 Å². The zero-order valence-corrected chi connectivity index (χ0v) is 19.8. The molecular formula is C23H21Cl2N5OS. The van der Waals surface area contributed by atoms with Crippen molar-refractivity contribution in [2.24, 2.45) is 0 Å². The lowest BCUT2D eigenvalue weighted by molar-refractivity contribution is 0.0985. The molecule has 0 saturated carbocycles. The third kappa shape index (κ3) is 4.06. The number of amides is 1. The summed E-state index contributed by atoms with van der Waals surface area (Å²) in [6, 6.07) is 11.6. The zero-order valence-electron chi connectivity index (χ0n) is 17.4. The van der Waals surface area contributed by atoms with Crippen LogP contribution in [0.15, 0.2) is 47.6 Å². The van der Waals surface area contributed by atoms with Crippen LogP contribution in [0.5, 0.6) is 0 Å². The lowest BCUT2D eigenvalue weighted by Crippen LogP contribution is -2.35. The van der Waals surface area contributed by atoms with Crippen molar-refractivity contribution in [1.82, 2.24) is 14.9 Å². The molecule has 32 heavy (non-hydrogen) atoms. The number of benzene rings is 2. The minimum Gasteiger partial charge on any atom is -0.324 e. The van der Waals surface area contributed by atoms with Gasteiger partial charge < -0.3 is 5.32 Å². The number of aromatic nitrogens is 2. The Morgan fingerprint density at radius 1 is 1.16 bits per heavy atom. The number of nitrogens with zero attached hydrogens (tertiary/aromatic N) is 4. The van der Waals surface area contributed by atoms with Crippen LogP contribution in [0.1, 0.15) is 28.4 Å². The summed E-state index contributed by atoms with van der Waals surface area (Å²) in [4.78, 5) is 26.1. The maximum atomic E-state index is 13.1. The third-order valence-electron chi connectivity index (χ3n) is 5.77. The average Bonchev–Trinajstić information content (AvgIpc) is 2.80. The van der Waals surface area contributed by atoms with Crippen LogP contribution in [0.2, 0.25) is 10.0 Å². The van der Waals surface area contributed by atoms with Crippen LogP contribution in [-0.2, 0) is 13.0 Å². The number of nitrogens with one attached hydrogen (secondary N) is 1. The van der Waals surface area contributed by atoms with E-state index in [-0.39, 0.29) is 5.91 Å². The molecule has 2 aromatic carbocycles. The Morgan fingerprint density at radius 2 is 1.97 bits per heavy atom. The van der Waals surface area contributed by atoms with E-state index in [1.165, 1.54) is 22.9 Å².